The summed E-state index contributed by atoms with van der Waals surface area (Å²) in [5.41, 5.74) is 3.89. The topological polar surface area (TPSA) is 63.4 Å². The van der Waals surface area contributed by atoms with E-state index in [4.69, 9.17) is 0 Å². The number of hydrogen-bond acceptors (Lipinski definition) is 5. The van der Waals surface area contributed by atoms with Crippen LogP contribution in [0.4, 0.5) is 0 Å². The maximum absolute atomic E-state index is 13.0. The smallest absolute Gasteiger partial charge is 0.259 e. The molecule has 0 aliphatic rings. The number of amides is 1. The number of aromatic nitrogens is 4. The highest BCUT2D eigenvalue weighted by molar-refractivity contribution is 7.11. The largest absolute Gasteiger partial charge is 0.333 e. The number of rotatable bonds is 3. The fourth-order valence-electron chi connectivity index (χ4n) is 2.90. The van der Waals surface area contributed by atoms with E-state index in [9.17, 15) is 4.79 Å². The molecule has 0 N–H and O–H groups in total. The Labute approximate surface area is 145 Å². The predicted octanol–water partition coefficient (Wildman–Crippen LogP) is 3.25. The monoisotopic (exact) mass is 343 g/mol. The van der Waals surface area contributed by atoms with Crippen LogP contribution < -0.4 is 0 Å². The summed E-state index contributed by atoms with van der Waals surface area (Å²) in [7, 11) is 1.80. The van der Waals surface area contributed by atoms with Crippen molar-refractivity contribution in [3.8, 4) is 0 Å². The van der Waals surface area contributed by atoms with Gasteiger partial charge in [0.05, 0.1) is 22.9 Å². The lowest BCUT2D eigenvalue weighted by molar-refractivity contribution is 0.0741. The Balaban J connectivity index is 1.98. The number of carbonyl (C=O) groups is 1. The molecule has 1 amide bonds. The first kappa shape index (κ1) is 16.6. The van der Waals surface area contributed by atoms with Gasteiger partial charge in [0.2, 0.25) is 0 Å². The quantitative estimate of drug-likeness (QED) is 0.732. The Bertz CT molecular complexity index is 927. The van der Waals surface area contributed by atoms with Crippen molar-refractivity contribution in [2.24, 2.45) is 0 Å². The first-order chi connectivity index (χ1) is 11.3. The van der Waals surface area contributed by atoms with E-state index in [-0.39, 0.29) is 11.9 Å². The molecule has 3 aromatic heterocycles. The number of nitrogens with zero attached hydrogens (tertiary/aromatic N) is 5. The third-order valence-corrected chi connectivity index (χ3v) is 5.15. The molecule has 0 spiro atoms. The van der Waals surface area contributed by atoms with Crippen molar-refractivity contribution in [3.05, 3.63) is 44.8 Å². The number of fused-ring (bicyclic) bond motifs is 1. The molecular weight excluding hydrogens is 322 g/mol. The maximum Gasteiger partial charge on any atom is 0.259 e. The van der Waals surface area contributed by atoms with Gasteiger partial charge in [-0.15, -0.1) is 11.3 Å². The molecule has 0 radical (unpaired) electrons. The van der Waals surface area contributed by atoms with Crippen molar-refractivity contribution in [2.45, 2.75) is 40.7 Å². The molecular formula is C17H21N5OS. The molecule has 0 aromatic carbocycles. The summed E-state index contributed by atoms with van der Waals surface area (Å²) in [6.45, 7) is 9.89. The number of carbonyl (C=O) groups excluding carboxylic acids is 1. The maximum atomic E-state index is 13.0. The fraction of sp³-hybridized carbons (Fsp3) is 0.412. The summed E-state index contributed by atoms with van der Waals surface area (Å²) in [5, 5.41) is 5.32. The van der Waals surface area contributed by atoms with E-state index in [1.165, 1.54) is 0 Å². The van der Waals surface area contributed by atoms with Crippen LogP contribution in [0.3, 0.4) is 0 Å². The van der Waals surface area contributed by atoms with Crippen molar-refractivity contribution in [1.29, 1.82) is 0 Å². The number of aryl methyl sites for hydroxylation is 4. The van der Waals surface area contributed by atoms with Crippen molar-refractivity contribution >= 4 is 22.9 Å². The SMILES string of the molecule is Cc1cc(C)n2ncc(C(=O)N(C)C(C)c3nc(C)sc3C)c2n1. The molecule has 7 heteroatoms. The summed E-state index contributed by atoms with van der Waals surface area (Å²) in [6.07, 6.45) is 1.60. The Morgan fingerprint density at radius 3 is 2.58 bits per heavy atom. The van der Waals surface area contributed by atoms with Crippen LogP contribution in [0.1, 0.15) is 50.3 Å². The molecule has 0 fully saturated rings. The van der Waals surface area contributed by atoms with Gasteiger partial charge < -0.3 is 4.90 Å². The standard InChI is InChI=1S/C17H21N5OS/c1-9-7-10(2)22-16(19-9)14(8-18-22)17(23)21(6)11(3)15-12(4)24-13(5)20-15/h7-8,11H,1-6H3. The van der Waals surface area contributed by atoms with Gasteiger partial charge in [-0.2, -0.15) is 5.10 Å². The molecule has 0 saturated heterocycles. The van der Waals surface area contributed by atoms with Gasteiger partial charge in [0.1, 0.15) is 5.56 Å². The van der Waals surface area contributed by atoms with Gasteiger partial charge >= 0.3 is 0 Å². The van der Waals surface area contributed by atoms with Gasteiger partial charge in [0.15, 0.2) is 5.65 Å². The van der Waals surface area contributed by atoms with E-state index in [0.717, 1.165) is 27.0 Å². The molecule has 1 unspecified atom stereocenters. The van der Waals surface area contributed by atoms with Crippen LogP contribution in [0.15, 0.2) is 12.3 Å². The lowest BCUT2D eigenvalue weighted by atomic mass is 10.1. The highest BCUT2D eigenvalue weighted by atomic mass is 32.1. The van der Waals surface area contributed by atoms with Gasteiger partial charge in [-0.25, -0.2) is 14.5 Å². The summed E-state index contributed by atoms with van der Waals surface area (Å²) in [5.74, 6) is -0.0972. The second-order valence-corrected chi connectivity index (χ2v) is 7.51. The molecule has 0 aliphatic heterocycles. The fourth-order valence-corrected chi connectivity index (χ4v) is 3.81. The normalized spacial score (nSPS) is 12.6. The van der Waals surface area contributed by atoms with E-state index >= 15 is 0 Å². The van der Waals surface area contributed by atoms with E-state index in [1.54, 1.807) is 34.0 Å². The van der Waals surface area contributed by atoms with Gasteiger partial charge in [-0.05, 0) is 40.7 Å². The van der Waals surface area contributed by atoms with Crippen LogP contribution in [0, 0.1) is 27.7 Å². The Morgan fingerprint density at radius 2 is 1.96 bits per heavy atom. The Morgan fingerprint density at radius 1 is 1.25 bits per heavy atom. The molecule has 3 aromatic rings. The van der Waals surface area contributed by atoms with Crippen molar-refractivity contribution < 1.29 is 4.79 Å². The van der Waals surface area contributed by atoms with Crippen LogP contribution in [-0.2, 0) is 0 Å². The molecule has 1 atom stereocenters. The average molecular weight is 343 g/mol. The second kappa shape index (κ2) is 5.98. The minimum absolute atomic E-state index is 0.0972. The summed E-state index contributed by atoms with van der Waals surface area (Å²) < 4.78 is 1.71. The van der Waals surface area contributed by atoms with Gasteiger partial charge in [-0.1, -0.05) is 0 Å². The van der Waals surface area contributed by atoms with E-state index < -0.39 is 0 Å². The third kappa shape index (κ3) is 2.69. The Kier molecular flexibility index (Phi) is 4.13. The van der Waals surface area contributed by atoms with Crippen molar-refractivity contribution in [1.82, 2.24) is 24.5 Å². The Hall–Kier alpha value is -2.28. The highest BCUT2D eigenvalue weighted by Gasteiger charge is 2.25. The third-order valence-electron chi connectivity index (χ3n) is 4.24. The number of thiazole rings is 1. The molecule has 3 heterocycles. The van der Waals surface area contributed by atoms with Crippen LogP contribution in [0.5, 0.6) is 0 Å². The second-order valence-electron chi connectivity index (χ2n) is 6.10. The predicted molar refractivity (Wildman–Crippen MR) is 94.6 cm³/mol. The van der Waals surface area contributed by atoms with Crippen LogP contribution in [0.25, 0.3) is 5.65 Å². The van der Waals surface area contributed by atoms with Gasteiger partial charge in [-0.3, -0.25) is 4.79 Å². The number of hydrogen-bond donors (Lipinski definition) is 0. The molecule has 126 valence electrons. The molecule has 0 saturated carbocycles. The lowest BCUT2D eigenvalue weighted by Crippen LogP contribution is -2.30. The summed E-state index contributed by atoms with van der Waals surface area (Å²) in [4.78, 5) is 24.9. The molecule has 0 aliphatic carbocycles. The zero-order valence-corrected chi connectivity index (χ0v) is 15.6. The summed E-state index contributed by atoms with van der Waals surface area (Å²) in [6, 6.07) is 1.84. The first-order valence-corrected chi connectivity index (χ1v) is 8.64. The van der Waals surface area contributed by atoms with Gasteiger partial charge in [0, 0.05) is 23.3 Å². The lowest BCUT2D eigenvalue weighted by Gasteiger charge is -2.23. The van der Waals surface area contributed by atoms with Crippen LogP contribution in [-0.4, -0.2) is 37.4 Å². The molecule has 0 bridgehead atoms. The molecule has 6 nitrogen and oxygen atoms in total. The minimum atomic E-state index is -0.108. The van der Waals surface area contributed by atoms with E-state index in [0.29, 0.717) is 11.2 Å². The zero-order chi connectivity index (χ0) is 17.6. The van der Waals surface area contributed by atoms with Crippen molar-refractivity contribution in [2.75, 3.05) is 7.05 Å². The van der Waals surface area contributed by atoms with E-state index in [2.05, 4.69) is 15.1 Å². The zero-order valence-electron chi connectivity index (χ0n) is 14.8. The first-order valence-electron chi connectivity index (χ1n) is 7.82. The van der Waals surface area contributed by atoms with Crippen LogP contribution >= 0.6 is 11.3 Å². The van der Waals surface area contributed by atoms with Crippen LogP contribution in [0.2, 0.25) is 0 Å². The summed E-state index contributed by atoms with van der Waals surface area (Å²) >= 11 is 1.65. The molecule has 24 heavy (non-hydrogen) atoms. The highest BCUT2D eigenvalue weighted by Crippen LogP contribution is 2.27. The van der Waals surface area contributed by atoms with Gasteiger partial charge in [0.25, 0.3) is 5.91 Å². The molecule has 3 rings (SSSR count). The van der Waals surface area contributed by atoms with Crippen molar-refractivity contribution in [3.63, 3.8) is 0 Å². The minimum Gasteiger partial charge on any atom is -0.333 e. The van der Waals surface area contributed by atoms with E-state index in [1.807, 2.05) is 40.7 Å². The average Bonchev–Trinajstić information content (AvgIpc) is 3.08.